The van der Waals surface area contributed by atoms with E-state index in [4.69, 9.17) is 10.00 Å². The van der Waals surface area contributed by atoms with Crippen molar-refractivity contribution in [2.24, 2.45) is 0 Å². The van der Waals surface area contributed by atoms with Crippen LogP contribution < -0.4 is 4.74 Å². The highest BCUT2D eigenvalue weighted by molar-refractivity contribution is 6.09. The Hall–Kier alpha value is -3.91. The molecule has 31 heavy (non-hydrogen) atoms. The fourth-order valence-electron chi connectivity index (χ4n) is 3.35. The Labute approximate surface area is 181 Å². The van der Waals surface area contributed by atoms with Crippen LogP contribution in [0.5, 0.6) is 11.5 Å². The van der Waals surface area contributed by atoms with Gasteiger partial charge in [0, 0.05) is 16.7 Å². The van der Waals surface area contributed by atoms with Gasteiger partial charge in [0.25, 0.3) is 0 Å². The molecule has 5 nitrogen and oxygen atoms in total. The monoisotopic (exact) mass is 413 g/mol. The summed E-state index contributed by atoms with van der Waals surface area (Å²) in [4.78, 5) is 24.3. The quantitative estimate of drug-likeness (QED) is 0.511. The van der Waals surface area contributed by atoms with Gasteiger partial charge in [0.2, 0.25) is 0 Å². The molecule has 0 fully saturated rings. The molecule has 0 saturated heterocycles. The predicted molar refractivity (Wildman–Crippen MR) is 117 cm³/mol. The molecule has 0 amide bonds. The van der Waals surface area contributed by atoms with Gasteiger partial charge in [-0.2, -0.15) is 5.26 Å². The predicted octanol–water partition coefficient (Wildman–Crippen LogP) is 5.23. The van der Waals surface area contributed by atoms with Crippen LogP contribution in [0.15, 0.2) is 60.7 Å². The van der Waals surface area contributed by atoms with Crippen molar-refractivity contribution in [3.8, 4) is 17.6 Å². The molecule has 3 aromatic rings. The van der Waals surface area contributed by atoms with Crippen LogP contribution in [0.1, 0.15) is 63.2 Å². The minimum absolute atomic E-state index is 0.0267. The van der Waals surface area contributed by atoms with Crippen molar-refractivity contribution in [2.75, 3.05) is 0 Å². The van der Waals surface area contributed by atoms with Gasteiger partial charge in [-0.1, -0.05) is 19.4 Å². The Kier molecular flexibility index (Phi) is 6.84. The van der Waals surface area contributed by atoms with Gasteiger partial charge >= 0.3 is 0 Å². The first-order valence-electron chi connectivity index (χ1n) is 10.1. The molecule has 0 heterocycles. The summed E-state index contributed by atoms with van der Waals surface area (Å²) < 4.78 is 5.86. The maximum absolute atomic E-state index is 12.6. The standard InChI is InChI=1S/C26H23NO4/c1-3-4-24-21(11-14-23(17(2)28)26(24)30)16-31-22-12-9-20(10-13-22)25(29)19-7-5-18(15-27)6-8-19/h5-14,30H,3-4,16H2,1-2H3. The second-order valence-electron chi connectivity index (χ2n) is 7.24. The van der Waals surface area contributed by atoms with Crippen molar-refractivity contribution in [3.05, 3.63) is 94.0 Å². The van der Waals surface area contributed by atoms with E-state index in [0.29, 0.717) is 34.4 Å². The fraction of sp³-hybridized carbons (Fsp3) is 0.192. The number of carbonyl (C=O) groups is 2. The molecule has 0 aromatic heterocycles. The highest BCUT2D eigenvalue weighted by Gasteiger charge is 2.15. The summed E-state index contributed by atoms with van der Waals surface area (Å²) in [5, 5.41) is 19.3. The number of ether oxygens (including phenoxy) is 1. The highest BCUT2D eigenvalue weighted by atomic mass is 16.5. The summed E-state index contributed by atoms with van der Waals surface area (Å²) >= 11 is 0. The van der Waals surface area contributed by atoms with Crippen LogP contribution in [-0.4, -0.2) is 16.7 Å². The number of Topliss-reactive ketones (excluding diaryl/α,β-unsaturated/α-hetero) is 1. The van der Waals surface area contributed by atoms with Crippen LogP contribution in [0.2, 0.25) is 0 Å². The molecule has 0 bridgehead atoms. The molecule has 5 heteroatoms. The van der Waals surface area contributed by atoms with Crippen LogP contribution in [0.4, 0.5) is 0 Å². The van der Waals surface area contributed by atoms with Gasteiger partial charge in [0.1, 0.15) is 18.1 Å². The van der Waals surface area contributed by atoms with E-state index < -0.39 is 0 Å². The highest BCUT2D eigenvalue weighted by Crippen LogP contribution is 2.29. The minimum atomic E-state index is -0.176. The molecule has 0 radical (unpaired) electrons. The number of benzene rings is 3. The Morgan fingerprint density at radius 2 is 1.58 bits per heavy atom. The van der Waals surface area contributed by atoms with E-state index in [2.05, 4.69) is 0 Å². The van der Waals surface area contributed by atoms with E-state index >= 15 is 0 Å². The molecule has 0 aliphatic heterocycles. The van der Waals surface area contributed by atoms with Crippen molar-refractivity contribution in [1.29, 1.82) is 5.26 Å². The summed E-state index contributed by atoms with van der Waals surface area (Å²) in [5.41, 5.74) is 3.40. The lowest BCUT2D eigenvalue weighted by atomic mass is 9.97. The van der Waals surface area contributed by atoms with E-state index in [-0.39, 0.29) is 23.9 Å². The zero-order valence-electron chi connectivity index (χ0n) is 17.5. The smallest absolute Gasteiger partial charge is 0.193 e. The van der Waals surface area contributed by atoms with Crippen molar-refractivity contribution >= 4 is 11.6 Å². The Morgan fingerprint density at radius 3 is 2.13 bits per heavy atom. The minimum Gasteiger partial charge on any atom is -0.507 e. The number of rotatable bonds is 8. The first-order valence-corrected chi connectivity index (χ1v) is 10.1. The first-order chi connectivity index (χ1) is 14.9. The first kappa shape index (κ1) is 21.8. The third kappa shape index (κ3) is 4.99. The van der Waals surface area contributed by atoms with Gasteiger partial charge in [-0.05, 0) is 73.5 Å². The number of carbonyl (C=O) groups excluding carboxylic acids is 2. The van der Waals surface area contributed by atoms with Gasteiger partial charge in [-0.25, -0.2) is 0 Å². The summed E-state index contributed by atoms with van der Waals surface area (Å²) in [6.07, 6.45) is 1.47. The van der Waals surface area contributed by atoms with Crippen molar-refractivity contribution in [3.63, 3.8) is 0 Å². The maximum Gasteiger partial charge on any atom is 0.193 e. The second kappa shape index (κ2) is 9.73. The third-order valence-electron chi connectivity index (χ3n) is 5.05. The van der Waals surface area contributed by atoms with Gasteiger partial charge in [-0.3, -0.25) is 9.59 Å². The van der Waals surface area contributed by atoms with Gasteiger partial charge in [0.05, 0.1) is 17.2 Å². The number of nitriles is 1. The van der Waals surface area contributed by atoms with Crippen LogP contribution >= 0.6 is 0 Å². The van der Waals surface area contributed by atoms with Crippen LogP contribution in [0, 0.1) is 11.3 Å². The zero-order chi connectivity index (χ0) is 22.4. The summed E-state index contributed by atoms with van der Waals surface area (Å²) in [7, 11) is 0. The molecular formula is C26H23NO4. The molecule has 0 aliphatic carbocycles. The number of ketones is 2. The molecule has 0 saturated carbocycles. The average molecular weight is 413 g/mol. The van der Waals surface area contributed by atoms with Gasteiger partial charge in [0.15, 0.2) is 11.6 Å². The molecular weight excluding hydrogens is 390 g/mol. The van der Waals surface area contributed by atoms with Crippen LogP contribution in [0.25, 0.3) is 0 Å². The van der Waals surface area contributed by atoms with E-state index in [9.17, 15) is 14.7 Å². The average Bonchev–Trinajstić information content (AvgIpc) is 2.79. The number of phenols is 1. The number of phenolic OH excluding ortho intramolecular Hbond substituents is 1. The Morgan fingerprint density at radius 1 is 0.968 bits per heavy atom. The molecule has 0 aliphatic rings. The molecule has 3 aromatic carbocycles. The molecule has 0 unspecified atom stereocenters. The summed E-state index contributed by atoms with van der Waals surface area (Å²) in [5.74, 6) is 0.309. The lowest BCUT2D eigenvalue weighted by molar-refractivity contribution is 0.101. The van der Waals surface area contributed by atoms with E-state index in [1.165, 1.54) is 6.92 Å². The molecule has 1 N–H and O–H groups in total. The molecule has 0 atom stereocenters. The van der Waals surface area contributed by atoms with Gasteiger partial charge in [-0.15, -0.1) is 0 Å². The van der Waals surface area contributed by atoms with Crippen LogP contribution in [-0.2, 0) is 13.0 Å². The topological polar surface area (TPSA) is 87.4 Å². The van der Waals surface area contributed by atoms with E-state index in [0.717, 1.165) is 17.5 Å². The molecule has 156 valence electrons. The lowest BCUT2D eigenvalue weighted by Crippen LogP contribution is -2.05. The Bertz CT molecular complexity index is 1140. The lowest BCUT2D eigenvalue weighted by Gasteiger charge is -2.14. The molecule has 0 spiro atoms. The summed E-state index contributed by atoms with van der Waals surface area (Å²) in [6.45, 7) is 3.68. The van der Waals surface area contributed by atoms with E-state index in [1.807, 2.05) is 19.1 Å². The zero-order valence-corrected chi connectivity index (χ0v) is 17.5. The van der Waals surface area contributed by atoms with Gasteiger partial charge < -0.3 is 9.84 Å². The third-order valence-corrected chi connectivity index (χ3v) is 5.05. The number of aromatic hydroxyl groups is 1. The number of hydrogen-bond donors (Lipinski definition) is 1. The maximum atomic E-state index is 12.6. The van der Waals surface area contributed by atoms with Crippen LogP contribution in [0.3, 0.4) is 0 Å². The SMILES string of the molecule is CCCc1c(COc2ccc(C(=O)c3ccc(C#N)cc3)cc2)ccc(C(C)=O)c1O. The van der Waals surface area contributed by atoms with E-state index in [1.54, 1.807) is 54.6 Å². The van der Waals surface area contributed by atoms with Crippen molar-refractivity contribution < 1.29 is 19.4 Å². The second-order valence-corrected chi connectivity index (χ2v) is 7.24. The largest absolute Gasteiger partial charge is 0.507 e. The van der Waals surface area contributed by atoms with Crippen molar-refractivity contribution in [1.82, 2.24) is 0 Å². The number of hydrogen-bond acceptors (Lipinski definition) is 5. The number of nitrogens with zero attached hydrogens (tertiary/aromatic N) is 1. The summed E-state index contributed by atoms with van der Waals surface area (Å²) in [6, 6.07) is 18.8. The van der Waals surface area contributed by atoms with Crippen molar-refractivity contribution in [2.45, 2.75) is 33.3 Å². The molecule has 3 rings (SSSR count). The Balaban J connectivity index is 1.73. The fourth-order valence-corrected chi connectivity index (χ4v) is 3.35. The normalized spacial score (nSPS) is 10.4.